The van der Waals surface area contributed by atoms with Gasteiger partial charge in [-0.05, 0) is 42.0 Å². The third-order valence-corrected chi connectivity index (χ3v) is 5.91. The van der Waals surface area contributed by atoms with Crippen LogP contribution >= 0.6 is 0 Å². The van der Waals surface area contributed by atoms with Gasteiger partial charge in [0.25, 0.3) is 5.91 Å². The molecule has 178 valence electrons. The lowest BCUT2D eigenvalue weighted by Gasteiger charge is -2.29. The van der Waals surface area contributed by atoms with E-state index in [1.165, 1.54) is 23.2 Å². The van der Waals surface area contributed by atoms with Gasteiger partial charge in [-0.3, -0.25) is 14.5 Å². The van der Waals surface area contributed by atoms with Crippen molar-refractivity contribution in [2.75, 3.05) is 4.90 Å². The average molecular weight is 479 g/mol. The Morgan fingerprint density at radius 3 is 2.46 bits per heavy atom. The molecule has 0 radical (unpaired) electrons. The predicted octanol–water partition coefficient (Wildman–Crippen LogP) is 4.18. The van der Waals surface area contributed by atoms with Crippen molar-refractivity contribution in [3.63, 3.8) is 0 Å². The van der Waals surface area contributed by atoms with Crippen LogP contribution in [0.15, 0.2) is 72.9 Å². The first-order chi connectivity index (χ1) is 16.7. The van der Waals surface area contributed by atoms with Crippen LogP contribution in [-0.4, -0.2) is 38.5 Å². The lowest BCUT2D eigenvalue weighted by atomic mass is 9.99. The van der Waals surface area contributed by atoms with Crippen molar-refractivity contribution in [1.29, 1.82) is 0 Å². The van der Waals surface area contributed by atoms with Crippen molar-refractivity contribution in [3.05, 3.63) is 84.3 Å². The quantitative estimate of drug-likeness (QED) is 0.466. The summed E-state index contributed by atoms with van der Waals surface area (Å²) < 4.78 is 42.1. The fraction of sp³-hybridized carbons (Fsp3) is 0.200. The largest absolute Gasteiger partial charge is 0.345 e. The van der Waals surface area contributed by atoms with Crippen molar-refractivity contribution < 1.29 is 22.8 Å². The van der Waals surface area contributed by atoms with E-state index in [-0.39, 0.29) is 18.1 Å². The number of fused-ring (bicyclic) bond motifs is 1. The van der Waals surface area contributed by atoms with Crippen LogP contribution in [0.5, 0.6) is 0 Å². The maximum absolute atomic E-state index is 13.6. The minimum Gasteiger partial charge on any atom is -0.345 e. The number of carbonyl (C=O) groups is 2. The molecule has 35 heavy (non-hydrogen) atoms. The van der Waals surface area contributed by atoms with Gasteiger partial charge in [0.2, 0.25) is 5.91 Å². The summed E-state index contributed by atoms with van der Waals surface area (Å²) in [6, 6.07) is 16.5. The molecule has 3 heterocycles. The van der Waals surface area contributed by atoms with E-state index in [1.807, 2.05) is 0 Å². The first kappa shape index (κ1) is 22.6. The Balaban J connectivity index is 1.53. The maximum atomic E-state index is 13.6. The number of nitrogens with one attached hydrogen (secondary N) is 1. The highest BCUT2D eigenvalue weighted by Crippen LogP contribution is 2.37. The molecule has 2 aromatic carbocycles. The zero-order chi connectivity index (χ0) is 24.7. The van der Waals surface area contributed by atoms with Gasteiger partial charge in [0.05, 0.1) is 29.5 Å². The highest BCUT2D eigenvalue weighted by Gasteiger charge is 2.45. The number of benzene rings is 2. The molecule has 4 aromatic rings. The normalized spacial score (nSPS) is 18.3. The van der Waals surface area contributed by atoms with E-state index in [0.29, 0.717) is 35.0 Å². The van der Waals surface area contributed by atoms with Crippen LogP contribution in [0.1, 0.15) is 24.9 Å². The average Bonchev–Trinajstić information content (AvgIpc) is 3.39. The molecule has 0 bridgehead atoms. The molecule has 0 spiro atoms. The Hall–Kier alpha value is -4.21. The van der Waals surface area contributed by atoms with Gasteiger partial charge in [-0.1, -0.05) is 30.3 Å². The van der Waals surface area contributed by atoms with Crippen molar-refractivity contribution in [2.24, 2.45) is 0 Å². The van der Waals surface area contributed by atoms with Gasteiger partial charge < -0.3 is 5.32 Å². The Kier molecular flexibility index (Phi) is 5.50. The number of alkyl halides is 2. The molecular weight excluding hydrogens is 459 g/mol. The molecule has 10 heteroatoms. The van der Waals surface area contributed by atoms with Gasteiger partial charge in [0.1, 0.15) is 17.2 Å². The number of hydrogen-bond donors (Lipinski definition) is 1. The van der Waals surface area contributed by atoms with E-state index in [0.717, 1.165) is 0 Å². The number of aromatic nitrogens is 3. The monoisotopic (exact) mass is 479 g/mol. The van der Waals surface area contributed by atoms with Crippen LogP contribution in [0.2, 0.25) is 0 Å². The fourth-order valence-electron chi connectivity index (χ4n) is 4.29. The first-order valence-electron chi connectivity index (χ1n) is 10.9. The molecule has 1 N–H and O–H groups in total. The Bertz CT molecular complexity index is 1400. The van der Waals surface area contributed by atoms with E-state index in [2.05, 4.69) is 15.4 Å². The summed E-state index contributed by atoms with van der Waals surface area (Å²) in [6.45, 7) is 0.517. The summed E-state index contributed by atoms with van der Waals surface area (Å²) in [6.07, 6.45) is 1.37. The molecule has 0 saturated carbocycles. The summed E-state index contributed by atoms with van der Waals surface area (Å²) in [5.41, 5.74) is 2.43. The summed E-state index contributed by atoms with van der Waals surface area (Å²) in [5.74, 6) is -5.45. The lowest BCUT2D eigenvalue weighted by molar-refractivity contribution is -0.143. The summed E-state index contributed by atoms with van der Waals surface area (Å²) in [7, 11) is 0. The second-order valence-corrected chi connectivity index (χ2v) is 8.40. The van der Waals surface area contributed by atoms with E-state index < -0.39 is 23.9 Å². The van der Waals surface area contributed by atoms with Crippen LogP contribution in [0.3, 0.4) is 0 Å². The zero-order valence-corrected chi connectivity index (χ0v) is 18.5. The third-order valence-electron chi connectivity index (χ3n) is 5.91. The standard InChI is InChI=1S/C25H20F3N5O2/c1-25(27,28)24(35)31-18-13-22(34)32(23(18)15-5-3-2-4-6-15)21-12-11-20-19(30-21)14-29-33(20)17-9-7-16(26)8-10-17/h2-12,14,18,23H,13H2,1H3,(H,31,35)/t18-,23?/m0/s1. The van der Waals surface area contributed by atoms with Crippen LogP contribution in [-0.2, 0) is 9.59 Å². The number of rotatable bonds is 5. The predicted molar refractivity (Wildman–Crippen MR) is 123 cm³/mol. The molecule has 1 fully saturated rings. The molecule has 1 aliphatic rings. The molecule has 5 rings (SSSR count). The zero-order valence-electron chi connectivity index (χ0n) is 18.5. The van der Waals surface area contributed by atoms with Crippen molar-refractivity contribution in [2.45, 2.75) is 31.4 Å². The number of hydrogen-bond acceptors (Lipinski definition) is 4. The van der Waals surface area contributed by atoms with E-state index >= 15 is 0 Å². The Morgan fingerprint density at radius 2 is 1.77 bits per heavy atom. The smallest absolute Gasteiger partial charge is 0.321 e. The number of amides is 2. The summed E-state index contributed by atoms with van der Waals surface area (Å²) >= 11 is 0. The number of nitrogens with zero attached hydrogens (tertiary/aromatic N) is 4. The second kappa shape index (κ2) is 8.53. The van der Waals surface area contributed by atoms with E-state index in [9.17, 15) is 22.8 Å². The SMILES string of the molecule is CC(F)(F)C(=O)N[C@H]1CC(=O)N(c2ccc3c(cnn3-c3ccc(F)cc3)n2)C1c1ccccc1. The van der Waals surface area contributed by atoms with Crippen LogP contribution < -0.4 is 10.2 Å². The van der Waals surface area contributed by atoms with Gasteiger partial charge in [-0.25, -0.2) is 14.1 Å². The van der Waals surface area contributed by atoms with Crippen LogP contribution in [0.4, 0.5) is 19.0 Å². The maximum Gasteiger partial charge on any atom is 0.321 e. The Labute approximate surface area is 198 Å². The molecule has 1 saturated heterocycles. The number of pyridine rings is 1. The molecule has 2 amide bonds. The summed E-state index contributed by atoms with van der Waals surface area (Å²) in [4.78, 5) is 31.1. The van der Waals surface area contributed by atoms with Gasteiger partial charge in [0, 0.05) is 13.3 Å². The molecule has 2 atom stereocenters. The van der Waals surface area contributed by atoms with Crippen molar-refractivity contribution >= 4 is 28.7 Å². The minimum atomic E-state index is -3.58. The Morgan fingerprint density at radius 1 is 1.06 bits per heavy atom. The molecule has 2 aromatic heterocycles. The van der Waals surface area contributed by atoms with Gasteiger partial charge in [0.15, 0.2) is 0 Å². The topological polar surface area (TPSA) is 80.1 Å². The molecule has 7 nitrogen and oxygen atoms in total. The van der Waals surface area contributed by atoms with E-state index in [1.54, 1.807) is 59.3 Å². The second-order valence-electron chi connectivity index (χ2n) is 8.40. The fourth-order valence-corrected chi connectivity index (χ4v) is 4.29. The number of halogens is 3. The molecule has 1 unspecified atom stereocenters. The van der Waals surface area contributed by atoms with E-state index in [4.69, 9.17) is 0 Å². The lowest BCUT2D eigenvalue weighted by Crippen LogP contribution is -2.46. The van der Waals surface area contributed by atoms with Gasteiger partial charge in [-0.15, -0.1) is 0 Å². The summed E-state index contributed by atoms with van der Waals surface area (Å²) in [5, 5.41) is 6.67. The highest BCUT2D eigenvalue weighted by atomic mass is 19.3. The molecular formula is C25H20F3N5O2. The van der Waals surface area contributed by atoms with Crippen molar-refractivity contribution in [3.8, 4) is 5.69 Å². The first-order valence-corrected chi connectivity index (χ1v) is 10.9. The highest BCUT2D eigenvalue weighted by molar-refractivity contribution is 5.98. The van der Waals surface area contributed by atoms with Crippen LogP contribution in [0, 0.1) is 5.82 Å². The van der Waals surface area contributed by atoms with Gasteiger partial charge in [-0.2, -0.15) is 13.9 Å². The number of anilines is 1. The van der Waals surface area contributed by atoms with Gasteiger partial charge >= 0.3 is 5.92 Å². The minimum absolute atomic E-state index is 0.157. The molecule has 0 aliphatic carbocycles. The van der Waals surface area contributed by atoms with Crippen LogP contribution in [0.25, 0.3) is 16.7 Å². The van der Waals surface area contributed by atoms with Crippen molar-refractivity contribution in [1.82, 2.24) is 20.1 Å². The number of carbonyl (C=O) groups excluding carboxylic acids is 2. The molecule has 1 aliphatic heterocycles. The third kappa shape index (κ3) is 4.23.